The Kier molecular flexibility index (Phi) is 7.24. The highest BCUT2D eigenvalue weighted by Gasteiger charge is 2.53. The summed E-state index contributed by atoms with van der Waals surface area (Å²) in [6, 6.07) is 64.3. The molecule has 5 aliphatic rings. The Morgan fingerprint density at radius 1 is 0.417 bits per heavy atom. The van der Waals surface area contributed by atoms with Crippen LogP contribution in [-0.4, -0.2) is 0 Å². The average molecular weight is 764 g/mol. The maximum Gasteiger partial charge on any atom is 0.0722 e. The first-order valence-corrected chi connectivity index (χ1v) is 21.6. The molecule has 0 saturated heterocycles. The third-order valence-electron chi connectivity index (χ3n) is 13.9. The fourth-order valence-electron chi connectivity index (χ4n) is 11.5. The minimum Gasteiger partial charge on any atom is -0.310 e. The number of fused-ring (bicyclic) bond motifs is 12. The van der Waals surface area contributed by atoms with E-state index < -0.39 is 0 Å². The summed E-state index contributed by atoms with van der Waals surface area (Å²) in [7, 11) is 0. The standard InChI is InChI=1S/C59H41N/c1-2-14-38(15-3-1)39-28-33-42(34-29-39)60(43-35-30-40(31-36-43)44-37-32-41-16-12-22-48-45-17-4-5-20-49(45)57(44)56(41)48)55-27-13-26-54-58(55)50-21-8-11-25-53(50)59(54)51-23-9-6-18-46(51)47-19-7-10-24-52(47)59/h2,4-6,8-18,20-37H,1,3,7,19H2. The zero-order valence-corrected chi connectivity index (χ0v) is 33.3. The Balaban J connectivity index is 1.02. The highest BCUT2D eigenvalue weighted by molar-refractivity contribution is 6.19. The average Bonchev–Trinajstić information content (AvgIpc) is 3.94. The van der Waals surface area contributed by atoms with Crippen LogP contribution in [0.2, 0.25) is 0 Å². The zero-order valence-electron chi connectivity index (χ0n) is 33.3. The van der Waals surface area contributed by atoms with Gasteiger partial charge in [-0.25, -0.2) is 0 Å². The molecule has 0 saturated carbocycles. The van der Waals surface area contributed by atoms with E-state index >= 15 is 0 Å². The van der Waals surface area contributed by atoms with Gasteiger partial charge in [-0.15, -0.1) is 0 Å². The lowest BCUT2D eigenvalue weighted by Gasteiger charge is -2.33. The third kappa shape index (κ3) is 4.58. The van der Waals surface area contributed by atoms with E-state index in [0.29, 0.717) is 0 Å². The van der Waals surface area contributed by atoms with Crippen molar-refractivity contribution in [1.29, 1.82) is 0 Å². The summed E-state index contributed by atoms with van der Waals surface area (Å²) in [4.78, 5) is 2.51. The molecule has 282 valence electrons. The van der Waals surface area contributed by atoms with Crippen LogP contribution in [0.25, 0.3) is 66.4 Å². The molecule has 1 unspecified atom stereocenters. The van der Waals surface area contributed by atoms with Crippen molar-refractivity contribution in [2.24, 2.45) is 0 Å². The molecule has 1 nitrogen and oxygen atoms in total. The van der Waals surface area contributed by atoms with Crippen LogP contribution in [0.3, 0.4) is 0 Å². The molecule has 8 aromatic carbocycles. The van der Waals surface area contributed by atoms with E-state index in [2.05, 4.69) is 205 Å². The van der Waals surface area contributed by atoms with Gasteiger partial charge in [0.15, 0.2) is 0 Å². The van der Waals surface area contributed by atoms with Gasteiger partial charge in [-0.1, -0.05) is 170 Å². The fourth-order valence-corrected chi connectivity index (χ4v) is 11.5. The summed E-state index contributed by atoms with van der Waals surface area (Å²) in [5.74, 6) is 0. The van der Waals surface area contributed by atoms with Crippen molar-refractivity contribution in [3.8, 4) is 44.5 Å². The molecular weight excluding hydrogens is 723 g/mol. The predicted octanol–water partition coefficient (Wildman–Crippen LogP) is 15.8. The van der Waals surface area contributed by atoms with Crippen molar-refractivity contribution in [1.82, 2.24) is 0 Å². The van der Waals surface area contributed by atoms with Gasteiger partial charge in [-0.3, -0.25) is 0 Å². The predicted molar refractivity (Wildman–Crippen MR) is 252 cm³/mol. The number of hydrogen-bond donors (Lipinski definition) is 0. The molecule has 0 heterocycles. The minimum atomic E-state index is -0.363. The molecule has 0 fully saturated rings. The number of anilines is 3. The Labute approximate surface area is 351 Å². The molecule has 0 radical (unpaired) electrons. The Morgan fingerprint density at radius 2 is 1.07 bits per heavy atom. The number of nitrogens with zero attached hydrogens (tertiary/aromatic N) is 1. The summed E-state index contributed by atoms with van der Waals surface area (Å²) >= 11 is 0. The second-order valence-corrected chi connectivity index (χ2v) is 16.9. The first kappa shape index (κ1) is 33.7. The first-order valence-electron chi connectivity index (χ1n) is 21.6. The summed E-state index contributed by atoms with van der Waals surface area (Å²) in [5.41, 5.74) is 24.6. The highest BCUT2D eigenvalue weighted by Crippen LogP contribution is 2.65. The summed E-state index contributed by atoms with van der Waals surface area (Å²) < 4.78 is 0. The molecule has 1 atom stereocenters. The van der Waals surface area contributed by atoms with E-state index in [-0.39, 0.29) is 5.41 Å². The van der Waals surface area contributed by atoms with Gasteiger partial charge in [0, 0.05) is 16.9 Å². The van der Waals surface area contributed by atoms with Gasteiger partial charge in [-0.05, 0) is 150 Å². The maximum atomic E-state index is 2.51. The minimum absolute atomic E-state index is 0.363. The van der Waals surface area contributed by atoms with E-state index in [1.165, 1.54) is 106 Å². The van der Waals surface area contributed by atoms with Crippen LogP contribution < -0.4 is 4.90 Å². The number of benzene rings is 8. The van der Waals surface area contributed by atoms with E-state index in [1.807, 2.05) is 0 Å². The van der Waals surface area contributed by atoms with Crippen molar-refractivity contribution in [2.75, 3.05) is 4.90 Å². The number of allylic oxidation sites excluding steroid dienone is 8. The maximum absolute atomic E-state index is 2.51. The monoisotopic (exact) mass is 763 g/mol. The van der Waals surface area contributed by atoms with E-state index in [0.717, 1.165) is 37.1 Å². The van der Waals surface area contributed by atoms with Crippen LogP contribution in [0.15, 0.2) is 206 Å². The Hall–Kier alpha value is -7.22. The third-order valence-corrected chi connectivity index (χ3v) is 13.9. The van der Waals surface area contributed by atoms with Crippen LogP contribution in [0, 0.1) is 0 Å². The van der Waals surface area contributed by atoms with Crippen molar-refractivity contribution in [3.63, 3.8) is 0 Å². The van der Waals surface area contributed by atoms with Crippen molar-refractivity contribution >= 4 is 39.0 Å². The van der Waals surface area contributed by atoms with Gasteiger partial charge in [0.2, 0.25) is 0 Å². The number of rotatable bonds is 5. The molecule has 1 heteroatoms. The van der Waals surface area contributed by atoms with Crippen molar-refractivity contribution in [3.05, 3.63) is 234 Å². The molecule has 0 amide bonds. The first-order chi connectivity index (χ1) is 29.8. The van der Waals surface area contributed by atoms with Crippen LogP contribution in [0.1, 0.15) is 53.5 Å². The van der Waals surface area contributed by atoms with E-state index in [1.54, 1.807) is 0 Å². The molecule has 8 aromatic rings. The lowest BCUT2D eigenvalue weighted by molar-refractivity contribution is 0.780. The molecule has 1 spiro atoms. The van der Waals surface area contributed by atoms with Gasteiger partial charge < -0.3 is 4.90 Å². The fraction of sp³-hybridized carbons (Fsp3) is 0.0847. The molecular formula is C59H41N. The van der Waals surface area contributed by atoms with Gasteiger partial charge in [0.25, 0.3) is 0 Å². The van der Waals surface area contributed by atoms with Gasteiger partial charge in [0.05, 0.1) is 11.1 Å². The van der Waals surface area contributed by atoms with Crippen LogP contribution in [0.4, 0.5) is 17.1 Å². The second-order valence-electron chi connectivity index (χ2n) is 16.9. The number of hydrogen-bond acceptors (Lipinski definition) is 1. The second kappa shape index (κ2) is 12.9. The molecule has 5 aliphatic carbocycles. The lowest BCUT2D eigenvalue weighted by Crippen LogP contribution is -2.27. The highest BCUT2D eigenvalue weighted by atomic mass is 15.1. The quantitative estimate of drug-likeness (QED) is 0.169. The van der Waals surface area contributed by atoms with Crippen LogP contribution in [0.5, 0.6) is 0 Å². The van der Waals surface area contributed by atoms with Gasteiger partial charge >= 0.3 is 0 Å². The zero-order chi connectivity index (χ0) is 39.4. The molecule has 60 heavy (non-hydrogen) atoms. The lowest BCUT2D eigenvalue weighted by atomic mass is 9.69. The van der Waals surface area contributed by atoms with Gasteiger partial charge in [-0.2, -0.15) is 0 Å². The molecule has 0 N–H and O–H groups in total. The molecule has 0 aliphatic heterocycles. The molecule has 13 rings (SSSR count). The SMILES string of the molecule is C1=CC(c2ccc(N(c3ccc(-c4ccc5cccc6c5c4-c4ccccc4-6)cc3)c3cccc4c3-c3ccccc3C43C4=C(CCC=C4)c4ccccc43)cc2)=CCC1. The van der Waals surface area contributed by atoms with Crippen LogP contribution >= 0.6 is 0 Å². The van der Waals surface area contributed by atoms with Crippen molar-refractivity contribution < 1.29 is 0 Å². The topological polar surface area (TPSA) is 3.24 Å². The normalized spacial score (nSPS) is 17.4. The van der Waals surface area contributed by atoms with E-state index in [4.69, 9.17) is 0 Å². The van der Waals surface area contributed by atoms with Crippen LogP contribution in [-0.2, 0) is 5.41 Å². The van der Waals surface area contributed by atoms with E-state index in [9.17, 15) is 0 Å². The molecule has 0 aromatic heterocycles. The Morgan fingerprint density at radius 3 is 1.85 bits per heavy atom. The summed E-state index contributed by atoms with van der Waals surface area (Å²) in [6.45, 7) is 0. The summed E-state index contributed by atoms with van der Waals surface area (Å²) in [5, 5.41) is 2.65. The molecule has 0 bridgehead atoms. The Bertz CT molecular complexity index is 3240. The smallest absolute Gasteiger partial charge is 0.0722 e. The largest absolute Gasteiger partial charge is 0.310 e. The van der Waals surface area contributed by atoms with Crippen molar-refractivity contribution in [2.45, 2.75) is 31.1 Å². The van der Waals surface area contributed by atoms with Gasteiger partial charge in [0.1, 0.15) is 0 Å². The summed E-state index contributed by atoms with van der Waals surface area (Å²) in [6.07, 6.45) is 16.1.